The highest BCUT2D eigenvalue weighted by Gasteiger charge is 2.18. The summed E-state index contributed by atoms with van der Waals surface area (Å²) >= 11 is 0. The van der Waals surface area contributed by atoms with Gasteiger partial charge < -0.3 is 10.0 Å². The Hall–Kier alpha value is -1.58. The molecule has 1 amide bonds. The minimum atomic E-state index is -0.771. The second-order valence-corrected chi connectivity index (χ2v) is 4.25. The molecule has 0 radical (unpaired) electrons. The molecule has 0 spiro atoms. The van der Waals surface area contributed by atoms with Gasteiger partial charge in [0, 0.05) is 13.1 Å². The number of benzene rings is 1. The number of hydrogen-bond donors (Lipinski definition) is 1. The van der Waals surface area contributed by atoms with Crippen molar-refractivity contribution in [3.8, 4) is 0 Å². The van der Waals surface area contributed by atoms with E-state index in [9.17, 15) is 9.18 Å². The Bertz CT molecular complexity index is 335. The van der Waals surface area contributed by atoms with Crippen LogP contribution in [0, 0.1) is 11.7 Å². The summed E-state index contributed by atoms with van der Waals surface area (Å²) in [5.41, 5.74) is 0. The molecule has 2 rings (SSSR count). The van der Waals surface area contributed by atoms with Gasteiger partial charge in [0.15, 0.2) is 0 Å². The SMILES string of the molecule is CC1CCN(C(=O)O)CC1.Fc1ccccc1. The van der Waals surface area contributed by atoms with E-state index in [-0.39, 0.29) is 5.82 Å². The van der Waals surface area contributed by atoms with Crippen LogP contribution in [0.25, 0.3) is 0 Å². The molecule has 1 aromatic rings. The average Bonchev–Trinajstić information content (AvgIpc) is 2.31. The molecule has 1 saturated heterocycles. The van der Waals surface area contributed by atoms with Crippen molar-refractivity contribution in [3.63, 3.8) is 0 Å². The van der Waals surface area contributed by atoms with Gasteiger partial charge in [0.1, 0.15) is 5.82 Å². The largest absolute Gasteiger partial charge is 0.465 e. The molecule has 94 valence electrons. The molecule has 0 aliphatic carbocycles. The van der Waals surface area contributed by atoms with Gasteiger partial charge in [-0.25, -0.2) is 9.18 Å². The smallest absolute Gasteiger partial charge is 0.407 e. The van der Waals surface area contributed by atoms with Crippen molar-refractivity contribution in [2.75, 3.05) is 13.1 Å². The molecule has 0 saturated carbocycles. The number of likely N-dealkylation sites (tertiary alicyclic amines) is 1. The third kappa shape index (κ3) is 5.33. The molecule has 17 heavy (non-hydrogen) atoms. The predicted molar refractivity (Wildman–Crippen MR) is 64.4 cm³/mol. The van der Waals surface area contributed by atoms with Gasteiger partial charge in [-0.2, -0.15) is 0 Å². The Balaban J connectivity index is 0.000000181. The van der Waals surface area contributed by atoms with E-state index < -0.39 is 6.09 Å². The van der Waals surface area contributed by atoms with E-state index in [1.165, 1.54) is 17.0 Å². The van der Waals surface area contributed by atoms with Crippen LogP contribution < -0.4 is 0 Å². The zero-order valence-corrected chi connectivity index (χ0v) is 9.97. The first-order valence-corrected chi connectivity index (χ1v) is 5.78. The molecule has 0 unspecified atom stereocenters. The molecule has 3 nitrogen and oxygen atoms in total. The van der Waals surface area contributed by atoms with E-state index in [2.05, 4.69) is 6.92 Å². The van der Waals surface area contributed by atoms with Gasteiger partial charge in [0.2, 0.25) is 0 Å². The molecule has 0 atom stereocenters. The summed E-state index contributed by atoms with van der Waals surface area (Å²) in [5.74, 6) is 0.526. The maximum absolute atomic E-state index is 11.9. The first-order chi connectivity index (χ1) is 8.09. The summed E-state index contributed by atoms with van der Waals surface area (Å²) in [6, 6.07) is 7.94. The Morgan fingerprint density at radius 3 is 2.18 bits per heavy atom. The zero-order valence-electron chi connectivity index (χ0n) is 9.97. The van der Waals surface area contributed by atoms with E-state index in [0.29, 0.717) is 5.92 Å². The normalized spacial score (nSPS) is 16.0. The zero-order chi connectivity index (χ0) is 12.7. The van der Waals surface area contributed by atoms with Crippen molar-refractivity contribution < 1.29 is 14.3 Å². The topological polar surface area (TPSA) is 40.5 Å². The van der Waals surface area contributed by atoms with E-state index >= 15 is 0 Å². The summed E-state index contributed by atoms with van der Waals surface area (Å²) in [6.45, 7) is 3.60. The lowest BCUT2D eigenvalue weighted by molar-refractivity contribution is 0.127. The lowest BCUT2D eigenvalue weighted by Gasteiger charge is -2.27. The Kier molecular flexibility index (Phi) is 5.46. The quantitative estimate of drug-likeness (QED) is 0.755. The number of amides is 1. The third-order valence-electron chi connectivity index (χ3n) is 2.79. The van der Waals surface area contributed by atoms with Crippen LogP contribution in [0.15, 0.2) is 30.3 Å². The molecule has 4 heteroatoms. The van der Waals surface area contributed by atoms with Crippen LogP contribution in [0.4, 0.5) is 9.18 Å². The van der Waals surface area contributed by atoms with Crippen LogP contribution in [0.5, 0.6) is 0 Å². The number of carboxylic acid groups (broad SMARTS) is 1. The van der Waals surface area contributed by atoms with Crippen LogP contribution >= 0.6 is 0 Å². The summed E-state index contributed by atoms with van der Waals surface area (Å²) in [7, 11) is 0. The van der Waals surface area contributed by atoms with E-state index in [1.54, 1.807) is 18.2 Å². The van der Waals surface area contributed by atoms with Gasteiger partial charge in [-0.3, -0.25) is 0 Å². The molecule has 1 aliphatic heterocycles. The number of nitrogens with zero attached hydrogens (tertiary/aromatic N) is 1. The highest BCUT2D eigenvalue weighted by molar-refractivity contribution is 5.64. The third-order valence-corrected chi connectivity index (χ3v) is 2.79. The number of rotatable bonds is 0. The fourth-order valence-electron chi connectivity index (χ4n) is 1.61. The minimum Gasteiger partial charge on any atom is -0.465 e. The Morgan fingerprint density at radius 2 is 1.82 bits per heavy atom. The van der Waals surface area contributed by atoms with Crippen LogP contribution in [-0.2, 0) is 0 Å². The highest BCUT2D eigenvalue weighted by Crippen LogP contribution is 2.15. The standard InChI is InChI=1S/C7H13NO2.C6H5F/c1-6-2-4-8(5-3-6)7(9)10;7-6-4-2-1-3-5-6/h6H,2-5H2,1H3,(H,9,10);1-5H. The number of hydrogen-bond acceptors (Lipinski definition) is 1. The second-order valence-electron chi connectivity index (χ2n) is 4.25. The van der Waals surface area contributed by atoms with Crippen molar-refractivity contribution >= 4 is 6.09 Å². The van der Waals surface area contributed by atoms with Crippen molar-refractivity contribution in [2.45, 2.75) is 19.8 Å². The van der Waals surface area contributed by atoms with Gasteiger partial charge in [-0.15, -0.1) is 0 Å². The summed E-state index contributed by atoms with van der Waals surface area (Å²) in [6.07, 6.45) is 1.27. The summed E-state index contributed by atoms with van der Waals surface area (Å²) < 4.78 is 11.9. The van der Waals surface area contributed by atoms with Crippen molar-refractivity contribution in [2.24, 2.45) is 5.92 Å². The summed E-state index contributed by atoms with van der Waals surface area (Å²) in [5, 5.41) is 8.55. The molecule has 1 heterocycles. The number of carbonyl (C=O) groups is 1. The monoisotopic (exact) mass is 239 g/mol. The summed E-state index contributed by atoms with van der Waals surface area (Å²) in [4.78, 5) is 11.9. The molecule has 1 aliphatic rings. The molecular weight excluding hydrogens is 221 g/mol. The van der Waals surface area contributed by atoms with Crippen molar-refractivity contribution in [3.05, 3.63) is 36.1 Å². The maximum Gasteiger partial charge on any atom is 0.407 e. The minimum absolute atomic E-state index is 0.178. The number of halogens is 1. The highest BCUT2D eigenvalue weighted by atomic mass is 19.1. The fourth-order valence-corrected chi connectivity index (χ4v) is 1.61. The first-order valence-electron chi connectivity index (χ1n) is 5.78. The molecule has 0 bridgehead atoms. The molecule has 1 fully saturated rings. The fraction of sp³-hybridized carbons (Fsp3) is 0.462. The molecule has 1 aromatic carbocycles. The first kappa shape index (κ1) is 13.5. The van der Waals surface area contributed by atoms with Crippen LogP contribution in [-0.4, -0.2) is 29.2 Å². The van der Waals surface area contributed by atoms with Crippen molar-refractivity contribution in [1.29, 1.82) is 0 Å². The predicted octanol–water partition coefficient (Wildman–Crippen LogP) is 3.22. The Labute approximate surface area is 101 Å². The Morgan fingerprint density at radius 1 is 1.29 bits per heavy atom. The van der Waals surface area contributed by atoms with Gasteiger partial charge in [-0.05, 0) is 30.9 Å². The average molecular weight is 239 g/mol. The second kappa shape index (κ2) is 6.89. The molecule has 0 aromatic heterocycles. The van der Waals surface area contributed by atoms with Crippen molar-refractivity contribution in [1.82, 2.24) is 4.90 Å². The lowest BCUT2D eigenvalue weighted by atomic mass is 10.00. The lowest BCUT2D eigenvalue weighted by Crippen LogP contribution is -2.36. The van der Waals surface area contributed by atoms with Crippen LogP contribution in [0.1, 0.15) is 19.8 Å². The van der Waals surface area contributed by atoms with Gasteiger partial charge in [-0.1, -0.05) is 25.1 Å². The van der Waals surface area contributed by atoms with E-state index in [0.717, 1.165) is 25.9 Å². The van der Waals surface area contributed by atoms with Gasteiger partial charge in [0.05, 0.1) is 0 Å². The maximum atomic E-state index is 11.9. The van der Waals surface area contributed by atoms with Crippen LogP contribution in [0.3, 0.4) is 0 Å². The number of piperidine rings is 1. The van der Waals surface area contributed by atoms with E-state index in [4.69, 9.17) is 5.11 Å². The molecule has 1 N–H and O–H groups in total. The van der Waals surface area contributed by atoms with Crippen LogP contribution in [0.2, 0.25) is 0 Å². The van der Waals surface area contributed by atoms with E-state index in [1.807, 2.05) is 0 Å². The van der Waals surface area contributed by atoms with Gasteiger partial charge in [0.25, 0.3) is 0 Å². The van der Waals surface area contributed by atoms with Gasteiger partial charge >= 0.3 is 6.09 Å². The molecular formula is C13H18FNO2.